The van der Waals surface area contributed by atoms with Crippen molar-refractivity contribution in [3.05, 3.63) is 35.4 Å². The Kier molecular flexibility index (Phi) is 3.49. The van der Waals surface area contributed by atoms with Gasteiger partial charge in [0.15, 0.2) is 5.66 Å². The van der Waals surface area contributed by atoms with Crippen molar-refractivity contribution >= 4 is 15.9 Å². The summed E-state index contributed by atoms with van der Waals surface area (Å²) in [5.41, 5.74) is 0.394. The highest BCUT2D eigenvalue weighted by Crippen LogP contribution is 2.37. The lowest BCUT2D eigenvalue weighted by molar-refractivity contribution is 0.0851. The van der Waals surface area contributed by atoms with Crippen LogP contribution in [0.15, 0.2) is 34.5 Å². The van der Waals surface area contributed by atoms with Gasteiger partial charge < -0.3 is 0 Å². The summed E-state index contributed by atoms with van der Waals surface area (Å²) in [7, 11) is -3.64. The summed E-state index contributed by atoms with van der Waals surface area (Å²) in [6.07, 6.45) is 6.71. The van der Waals surface area contributed by atoms with Crippen LogP contribution < -0.4 is 0 Å². The van der Waals surface area contributed by atoms with Crippen molar-refractivity contribution in [3.63, 3.8) is 0 Å². The zero-order valence-corrected chi connectivity index (χ0v) is 12.7. The lowest BCUT2D eigenvalue weighted by atomic mass is 10.0. The van der Waals surface area contributed by atoms with E-state index in [2.05, 4.69) is 16.1 Å². The van der Waals surface area contributed by atoms with Gasteiger partial charge in [-0.3, -0.25) is 4.79 Å². The molecule has 1 aromatic rings. The predicted molar refractivity (Wildman–Crippen MR) is 80.4 cm³/mol. The molecule has 0 N–H and O–H groups in total. The van der Waals surface area contributed by atoms with Crippen LogP contribution in [0.4, 0.5) is 0 Å². The average molecular weight is 317 g/mol. The molecule has 114 valence electrons. The molecule has 0 bridgehead atoms. The van der Waals surface area contributed by atoms with E-state index in [1.54, 1.807) is 24.3 Å². The lowest BCUT2D eigenvalue weighted by Crippen LogP contribution is -2.43. The van der Waals surface area contributed by atoms with Gasteiger partial charge in [-0.05, 0) is 11.6 Å². The summed E-state index contributed by atoms with van der Waals surface area (Å²) >= 11 is 0. The highest BCUT2D eigenvalue weighted by atomic mass is 32.2. The molecule has 7 heteroatoms. The number of fused-ring (bicyclic) bond motifs is 1. The molecule has 2 heterocycles. The number of benzene rings is 1. The second kappa shape index (κ2) is 5.21. The second-order valence-electron chi connectivity index (χ2n) is 5.43. The van der Waals surface area contributed by atoms with Crippen LogP contribution in [0, 0.1) is 12.3 Å². The third-order valence-electron chi connectivity index (χ3n) is 3.92. The summed E-state index contributed by atoms with van der Waals surface area (Å²) in [6.45, 7) is 0.0765. The molecule has 22 heavy (non-hydrogen) atoms. The van der Waals surface area contributed by atoms with E-state index >= 15 is 0 Å². The van der Waals surface area contributed by atoms with Crippen LogP contribution in [0.3, 0.4) is 0 Å². The summed E-state index contributed by atoms with van der Waals surface area (Å²) in [5.74, 6) is 1.89. The Labute approximate surface area is 129 Å². The van der Waals surface area contributed by atoms with E-state index in [1.807, 2.05) is 0 Å². The Balaban J connectivity index is 1.77. The molecule has 0 fully saturated rings. The zero-order valence-electron chi connectivity index (χ0n) is 11.9. The number of nitrogens with zero attached hydrogens (tertiary/aromatic N) is 3. The van der Waals surface area contributed by atoms with Gasteiger partial charge in [0.25, 0.3) is 5.91 Å². The predicted octanol–water partition coefficient (Wildman–Crippen LogP) is 1.94. The molecule has 0 atom stereocenters. The Bertz CT molecular complexity index is 786. The number of rotatable bonds is 5. The van der Waals surface area contributed by atoms with Gasteiger partial charge in [-0.15, -0.1) is 12.3 Å². The van der Waals surface area contributed by atoms with Crippen molar-refractivity contribution in [3.8, 4) is 12.3 Å². The van der Waals surface area contributed by atoms with Crippen molar-refractivity contribution in [1.29, 1.82) is 0 Å². The van der Waals surface area contributed by atoms with Crippen LogP contribution in [-0.4, -0.2) is 30.8 Å². The Morgan fingerprint density at radius 2 is 2.00 bits per heavy atom. The number of amides is 1. The first kappa shape index (κ1) is 14.7. The Morgan fingerprint density at radius 1 is 1.27 bits per heavy atom. The van der Waals surface area contributed by atoms with Gasteiger partial charge >= 0.3 is 0 Å². The van der Waals surface area contributed by atoms with Crippen LogP contribution >= 0.6 is 0 Å². The van der Waals surface area contributed by atoms with Crippen LogP contribution in [0.1, 0.15) is 35.2 Å². The fourth-order valence-electron chi connectivity index (χ4n) is 2.58. The van der Waals surface area contributed by atoms with Crippen molar-refractivity contribution in [2.45, 2.75) is 30.7 Å². The van der Waals surface area contributed by atoms with E-state index in [-0.39, 0.29) is 12.3 Å². The quantitative estimate of drug-likeness (QED) is 0.778. The number of carbonyl (C=O) groups excluding carboxylic acids is 1. The van der Waals surface area contributed by atoms with Gasteiger partial charge in [0.1, 0.15) is 0 Å². The largest absolute Gasteiger partial charge is 0.268 e. The van der Waals surface area contributed by atoms with Crippen molar-refractivity contribution in [2.24, 2.45) is 10.2 Å². The van der Waals surface area contributed by atoms with E-state index in [1.165, 1.54) is 0 Å². The molecule has 0 saturated heterocycles. The molecular formula is C15H15N3O3S. The molecule has 0 radical (unpaired) electrons. The second-order valence-corrected chi connectivity index (χ2v) is 7.32. The molecule has 6 nitrogen and oxygen atoms in total. The summed E-state index contributed by atoms with van der Waals surface area (Å²) in [5, 5.41) is 7.94. The summed E-state index contributed by atoms with van der Waals surface area (Å²) in [6, 6.07) is 6.78. The van der Waals surface area contributed by atoms with Gasteiger partial charge in [-0.2, -0.15) is 10.2 Å². The SMILES string of the molecule is C#CCCC1(CCN2C(=O)c3ccccc3CS2(=O)=O)N=N1. The zero-order chi connectivity index (χ0) is 15.8. The number of carbonyl (C=O) groups is 1. The lowest BCUT2D eigenvalue weighted by Gasteiger charge is -2.28. The minimum absolute atomic E-state index is 0.0765. The topological polar surface area (TPSA) is 79.2 Å². The number of terminal acetylenes is 1. The smallest absolute Gasteiger partial charge is 0.267 e. The molecule has 0 spiro atoms. The third-order valence-corrected chi connectivity index (χ3v) is 5.61. The molecular weight excluding hydrogens is 302 g/mol. The monoisotopic (exact) mass is 317 g/mol. The van der Waals surface area contributed by atoms with Gasteiger partial charge in [0, 0.05) is 31.4 Å². The molecule has 1 amide bonds. The maximum absolute atomic E-state index is 12.4. The first-order valence-corrected chi connectivity index (χ1v) is 8.59. The van der Waals surface area contributed by atoms with Crippen LogP contribution in [0.2, 0.25) is 0 Å². The minimum atomic E-state index is -3.64. The standard InChI is InChI=1S/C15H15N3O3S/c1-2-3-8-15(16-17-15)9-10-18-14(19)13-7-5-4-6-12(13)11-22(18,20)21/h1,4-7H,3,8-11H2. The number of hydrogen-bond acceptors (Lipinski definition) is 5. The highest BCUT2D eigenvalue weighted by molar-refractivity contribution is 7.89. The van der Waals surface area contributed by atoms with Crippen molar-refractivity contribution in [1.82, 2.24) is 4.31 Å². The third kappa shape index (κ3) is 2.62. The highest BCUT2D eigenvalue weighted by Gasteiger charge is 2.42. The maximum Gasteiger partial charge on any atom is 0.267 e. The minimum Gasteiger partial charge on any atom is -0.268 e. The number of hydrogen-bond donors (Lipinski definition) is 0. The molecule has 1 aromatic carbocycles. The summed E-state index contributed by atoms with van der Waals surface area (Å²) in [4.78, 5) is 12.4. The fourth-order valence-corrected chi connectivity index (χ4v) is 4.10. The van der Waals surface area contributed by atoms with Crippen LogP contribution in [0.25, 0.3) is 0 Å². The Hall–Kier alpha value is -2.20. The first-order chi connectivity index (χ1) is 10.5. The van der Waals surface area contributed by atoms with Gasteiger partial charge in [-0.1, -0.05) is 18.2 Å². The maximum atomic E-state index is 12.4. The first-order valence-electron chi connectivity index (χ1n) is 6.98. The molecule has 0 unspecified atom stereocenters. The fraction of sp³-hybridized carbons (Fsp3) is 0.400. The van der Waals surface area contributed by atoms with Gasteiger partial charge in [0.05, 0.1) is 5.75 Å². The summed E-state index contributed by atoms with van der Waals surface area (Å²) < 4.78 is 25.6. The molecule has 3 rings (SSSR count). The van der Waals surface area contributed by atoms with Crippen molar-refractivity contribution < 1.29 is 13.2 Å². The normalized spacial score (nSPS) is 20.3. The van der Waals surface area contributed by atoms with Crippen LogP contribution in [-0.2, 0) is 15.8 Å². The molecule has 2 aliphatic heterocycles. The van der Waals surface area contributed by atoms with E-state index in [9.17, 15) is 13.2 Å². The van der Waals surface area contributed by atoms with E-state index in [0.29, 0.717) is 30.4 Å². The average Bonchev–Trinajstić information content (AvgIpc) is 3.24. The Morgan fingerprint density at radius 3 is 2.68 bits per heavy atom. The van der Waals surface area contributed by atoms with E-state index in [4.69, 9.17) is 6.42 Å². The molecule has 0 saturated carbocycles. The van der Waals surface area contributed by atoms with Crippen molar-refractivity contribution in [2.75, 3.05) is 6.54 Å². The van der Waals surface area contributed by atoms with Crippen LogP contribution in [0.5, 0.6) is 0 Å². The van der Waals surface area contributed by atoms with E-state index in [0.717, 1.165) is 4.31 Å². The molecule has 0 aromatic heterocycles. The molecule has 0 aliphatic carbocycles. The van der Waals surface area contributed by atoms with Gasteiger partial charge in [0.2, 0.25) is 10.0 Å². The molecule has 2 aliphatic rings. The van der Waals surface area contributed by atoms with E-state index < -0.39 is 21.6 Å². The van der Waals surface area contributed by atoms with Gasteiger partial charge in [-0.25, -0.2) is 12.7 Å². The number of sulfonamides is 1.